The number of hydrogen-bond acceptors (Lipinski definition) is 2. The molecule has 1 aliphatic rings. The normalized spacial score (nSPS) is 15.0. The predicted octanol–water partition coefficient (Wildman–Crippen LogP) is 8.38. The van der Waals surface area contributed by atoms with Crippen molar-refractivity contribution in [2.45, 2.75) is 12.3 Å². The molecule has 0 aromatic heterocycles. The van der Waals surface area contributed by atoms with E-state index in [1.165, 1.54) is 33.0 Å². The number of hydrogen-bond donors (Lipinski definition) is 1. The van der Waals surface area contributed by atoms with Crippen molar-refractivity contribution in [2.24, 2.45) is 5.10 Å². The number of rotatable bonds is 6. The molecule has 5 aromatic carbocycles. The standard InChI is InChI=1S/C33H26N2/c1-3-12-25(13-4-1)31-22-28-17-9-10-18-30(28)32(31)23-33(26-14-5-2-6-15-26)35-34-29-20-19-24-11-7-8-16-27(24)21-29/h1-22,32,34H,23H2. The lowest BCUT2D eigenvalue weighted by molar-refractivity contribution is 0.924. The average molecular weight is 451 g/mol. The van der Waals surface area contributed by atoms with Gasteiger partial charge < -0.3 is 0 Å². The van der Waals surface area contributed by atoms with Crippen LogP contribution in [0.1, 0.15) is 34.6 Å². The Morgan fingerprint density at radius 3 is 2.17 bits per heavy atom. The molecule has 0 bridgehead atoms. The summed E-state index contributed by atoms with van der Waals surface area (Å²) in [5, 5.41) is 7.40. The first kappa shape index (κ1) is 21.1. The van der Waals surface area contributed by atoms with Crippen LogP contribution in [0.15, 0.2) is 132 Å². The van der Waals surface area contributed by atoms with Gasteiger partial charge in [0.25, 0.3) is 0 Å². The third kappa shape index (κ3) is 4.39. The van der Waals surface area contributed by atoms with E-state index in [1.807, 2.05) is 0 Å². The molecule has 0 aliphatic heterocycles. The molecule has 0 amide bonds. The van der Waals surface area contributed by atoms with Gasteiger partial charge >= 0.3 is 0 Å². The minimum atomic E-state index is 0.242. The van der Waals surface area contributed by atoms with Crippen LogP contribution >= 0.6 is 0 Å². The van der Waals surface area contributed by atoms with Gasteiger partial charge in [-0.15, -0.1) is 0 Å². The average Bonchev–Trinajstić information content (AvgIpc) is 3.30. The second-order valence-electron chi connectivity index (χ2n) is 8.95. The topological polar surface area (TPSA) is 24.4 Å². The van der Waals surface area contributed by atoms with Crippen LogP contribution in [0.4, 0.5) is 5.69 Å². The third-order valence-electron chi connectivity index (χ3n) is 6.74. The first-order valence-electron chi connectivity index (χ1n) is 12.1. The quantitative estimate of drug-likeness (QED) is 0.204. The first-order chi connectivity index (χ1) is 17.3. The number of benzene rings is 5. The molecule has 1 N–H and O–H groups in total. The molecule has 0 saturated carbocycles. The van der Waals surface area contributed by atoms with Gasteiger partial charge in [0.2, 0.25) is 0 Å². The second kappa shape index (κ2) is 9.44. The fourth-order valence-electron chi connectivity index (χ4n) is 4.97. The number of fused-ring (bicyclic) bond motifs is 2. The molecule has 1 atom stereocenters. The van der Waals surface area contributed by atoms with E-state index in [2.05, 4.69) is 139 Å². The van der Waals surface area contributed by atoms with Crippen molar-refractivity contribution in [3.8, 4) is 0 Å². The molecule has 168 valence electrons. The minimum Gasteiger partial charge on any atom is -0.278 e. The highest BCUT2D eigenvalue weighted by Crippen LogP contribution is 2.44. The Bertz CT molecular complexity index is 1530. The van der Waals surface area contributed by atoms with Crippen LogP contribution in [0, 0.1) is 0 Å². The van der Waals surface area contributed by atoms with Gasteiger partial charge in [-0.3, -0.25) is 5.43 Å². The lowest BCUT2D eigenvalue weighted by Gasteiger charge is -2.19. The van der Waals surface area contributed by atoms with Crippen molar-refractivity contribution in [1.82, 2.24) is 0 Å². The molecule has 1 aliphatic carbocycles. The fraction of sp³-hybridized carbons (Fsp3) is 0.0606. The lowest BCUT2D eigenvalue weighted by Crippen LogP contribution is -2.11. The Labute approximate surface area is 206 Å². The predicted molar refractivity (Wildman–Crippen MR) is 149 cm³/mol. The number of anilines is 1. The number of allylic oxidation sites excluding steroid dienone is 1. The van der Waals surface area contributed by atoms with Crippen LogP contribution in [0.25, 0.3) is 22.4 Å². The zero-order chi connectivity index (χ0) is 23.5. The maximum Gasteiger partial charge on any atom is 0.0688 e. The van der Waals surface area contributed by atoms with Gasteiger partial charge in [0.15, 0.2) is 0 Å². The van der Waals surface area contributed by atoms with E-state index in [-0.39, 0.29) is 5.92 Å². The van der Waals surface area contributed by atoms with E-state index in [0.717, 1.165) is 23.4 Å². The van der Waals surface area contributed by atoms with Crippen LogP contribution in [-0.2, 0) is 0 Å². The van der Waals surface area contributed by atoms with Crippen molar-refractivity contribution in [1.29, 1.82) is 0 Å². The molecule has 0 heterocycles. The highest BCUT2D eigenvalue weighted by atomic mass is 15.3. The van der Waals surface area contributed by atoms with Crippen molar-refractivity contribution in [2.75, 3.05) is 5.43 Å². The largest absolute Gasteiger partial charge is 0.278 e. The van der Waals surface area contributed by atoms with Crippen LogP contribution < -0.4 is 5.43 Å². The zero-order valence-corrected chi connectivity index (χ0v) is 19.4. The van der Waals surface area contributed by atoms with Gasteiger partial charge in [-0.25, -0.2) is 0 Å². The summed E-state index contributed by atoms with van der Waals surface area (Å²) in [5.74, 6) is 0.242. The fourth-order valence-corrected chi connectivity index (χ4v) is 4.97. The molecule has 6 rings (SSSR count). The third-order valence-corrected chi connectivity index (χ3v) is 6.74. The number of hydrazone groups is 1. The van der Waals surface area contributed by atoms with E-state index in [4.69, 9.17) is 5.10 Å². The van der Waals surface area contributed by atoms with E-state index in [0.29, 0.717) is 0 Å². The van der Waals surface area contributed by atoms with Gasteiger partial charge in [-0.05, 0) is 50.7 Å². The molecule has 0 spiro atoms. The Morgan fingerprint density at radius 2 is 1.34 bits per heavy atom. The Morgan fingerprint density at radius 1 is 0.657 bits per heavy atom. The van der Waals surface area contributed by atoms with E-state index < -0.39 is 0 Å². The molecule has 0 radical (unpaired) electrons. The van der Waals surface area contributed by atoms with E-state index in [1.54, 1.807) is 0 Å². The monoisotopic (exact) mass is 450 g/mol. The summed E-state index contributed by atoms with van der Waals surface area (Å²) >= 11 is 0. The molecular weight excluding hydrogens is 424 g/mol. The second-order valence-corrected chi connectivity index (χ2v) is 8.95. The summed E-state index contributed by atoms with van der Waals surface area (Å²) in [5.41, 5.74) is 11.8. The van der Waals surface area contributed by atoms with E-state index in [9.17, 15) is 0 Å². The molecular formula is C33H26N2. The van der Waals surface area contributed by atoms with Gasteiger partial charge in [0.1, 0.15) is 0 Å². The number of nitrogens with zero attached hydrogens (tertiary/aromatic N) is 1. The van der Waals surface area contributed by atoms with Crippen molar-refractivity contribution >= 4 is 33.8 Å². The summed E-state index contributed by atoms with van der Waals surface area (Å²) in [6.45, 7) is 0. The van der Waals surface area contributed by atoms with Crippen molar-refractivity contribution < 1.29 is 0 Å². The molecule has 5 aromatic rings. The SMILES string of the molecule is C1=C(c2ccccc2)C(CC(=NNc2ccc3ccccc3c2)c2ccccc2)c2ccccc21. The van der Waals surface area contributed by atoms with Crippen LogP contribution in [0.2, 0.25) is 0 Å². The Kier molecular flexibility index (Phi) is 5.70. The molecule has 0 saturated heterocycles. The first-order valence-corrected chi connectivity index (χ1v) is 12.1. The lowest BCUT2D eigenvalue weighted by atomic mass is 9.85. The minimum absolute atomic E-state index is 0.242. The summed E-state index contributed by atoms with van der Waals surface area (Å²) in [7, 11) is 0. The van der Waals surface area contributed by atoms with E-state index >= 15 is 0 Å². The van der Waals surface area contributed by atoms with Crippen molar-refractivity contribution in [3.63, 3.8) is 0 Å². The molecule has 0 fully saturated rings. The van der Waals surface area contributed by atoms with Crippen LogP contribution in [-0.4, -0.2) is 5.71 Å². The Balaban J connectivity index is 1.37. The maximum absolute atomic E-state index is 4.97. The van der Waals surface area contributed by atoms with Gasteiger partial charge in [0, 0.05) is 12.3 Å². The summed E-state index contributed by atoms with van der Waals surface area (Å²) in [6, 6.07) is 44.7. The highest BCUT2D eigenvalue weighted by Gasteiger charge is 2.27. The van der Waals surface area contributed by atoms with Gasteiger partial charge in [-0.2, -0.15) is 5.10 Å². The molecule has 2 nitrogen and oxygen atoms in total. The zero-order valence-electron chi connectivity index (χ0n) is 19.4. The van der Waals surface area contributed by atoms with Crippen molar-refractivity contribution in [3.05, 3.63) is 150 Å². The summed E-state index contributed by atoms with van der Waals surface area (Å²) in [6.07, 6.45) is 3.15. The van der Waals surface area contributed by atoms with Gasteiger partial charge in [0.05, 0.1) is 11.4 Å². The maximum atomic E-state index is 4.97. The molecule has 1 unspecified atom stereocenters. The summed E-state index contributed by atoms with van der Waals surface area (Å²) in [4.78, 5) is 0. The smallest absolute Gasteiger partial charge is 0.0688 e. The Hall–Kier alpha value is -4.43. The number of nitrogens with one attached hydrogen (secondary N) is 1. The highest BCUT2D eigenvalue weighted by molar-refractivity contribution is 6.04. The van der Waals surface area contributed by atoms with Crippen LogP contribution in [0.3, 0.4) is 0 Å². The summed E-state index contributed by atoms with van der Waals surface area (Å²) < 4.78 is 0. The molecule has 35 heavy (non-hydrogen) atoms. The van der Waals surface area contributed by atoms with Crippen LogP contribution in [0.5, 0.6) is 0 Å². The van der Waals surface area contributed by atoms with Gasteiger partial charge in [-0.1, -0.05) is 121 Å². The molecule has 2 heteroatoms.